The highest BCUT2D eigenvalue weighted by Gasteiger charge is 2.37. The zero-order valence-electron chi connectivity index (χ0n) is 11.0. The van der Waals surface area contributed by atoms with Gasteiger partial charge in [0.25, 0.3) is 0 Å². The van der Waals surface area contributed by atoms with Gasteiger partial charge in [-0.05, 0) is 11.3 Å². The van der Waals surface area contributed by atoms with Crippen molar-refractivity contribution in [3.8, 4) is 22.6 Å². The highest BCUT2D eigenvalue weighted by atomic mass is 19.4. The Hall–Kier alpha value is -2.97. The van der Waals surface area contributed by atoms with Gasteiger partial charge in [-0.15, -0.1) is 10.2 Å². The lowest BCUT2D eigenvalue weighted by molar-refractivity contribution is -0.137. The van der Waals surface area contributed by atoms with E-state index in [9.17, 15) is 13.2 Å². The molecule has 3 aromatic rings. The first-order chi connectivity index (χ1) is 10.5. The number of nitrogens with two attached hydrogens (primary N) is 1. The molecule has 1 aromatic carbocycles. The molecule has 0 fully saturated rings. The molecule has 0 saturated carbocycles. The van der Waals surface area contributed by atoms with Gasteiger partial charge in [0.15, 0.2) is 0 Å². The van der Waals surface area contributed by atoms with Crippen LogP contribution in [0.5, 0.6) is 0 Å². The Morgan fingerprint density at radius 1 is 1.09 bits per heavy atom. The Labute approximate surface area is 122 Å². The molecule has 0 amide bonds. The van der Waals surface area contributed by atoms with E-state index in [0.717, 1.165) is 6.07 Å². The van der Waals surface area contributed by atoms with Crippen LogP contribution in [0.4, 0.5) is 19.0 Å². The zero-order chi connectivity index (χ0) is 15.7. The maximum Gasteiger partial charge on any atom is 0.417 e. The second kappa shape index (κ2) is 5.10. The van der Waals surface area contributed by atoms with Crippen molar-refractivity contribution in [2.45, 2.75) is 6.18 Å². The average Bonchev–Trinajstić information content (AvgIpc) is 3.00. The molecule has 0 aliphatic carbocycles. The van der Waals surface area contributed by atoms with Crippen LogP contribution in [0.25, 0.3) is 22.6 Å². The summed E-state index contributed by atoms with van der Waals surface area (Å²) in [4.78, 5) is 4.03. The van der Waals surface area contributed by atoms with Gasteiger partial charge < -0.3 is 5.73 Å². The second-order valence-electron chi connectivity index (χ2n) is 4.41. The number of H-pyrrole nitrogens is 1. The Kier molecular flexibility index (Phi) is 3.24. The topological polar surface area (TPSA) is 93.4 Å². The molecule has 0 saturated heterocycles. The number of anilines is 1. The molecule has 0 unspecified atom stereocenters. The van der Waals surface area contributed by atoms with Crippen molar-refractivity contribution in [3.05, 3.63) is 42.0 Å². The molecule has 0 aliphatic rings. The van der Waals surface area contributed by atoms with Crippen molar-refractivity contribution in [1.82, 2.24) is 25.6 Å². The Morgan fingerprint density at radius 2 is 1.82 bits per heavy atom. The molecule has 9 heteroatoms. The van der Waals surface area contributed by atoms with Crippen LogP contribution in [-0.4, -0.2) is 25.6 Å². The van der Waals surface area contributed by atoms with E-state index >= 15 is 0 Å². The third-order valence-corrected chi connectivity index (χ3v) is 2.99. The smallest absolute Gasteiger partial charge is 0.383 e. The molecule has 0 aliphatic heterocycles. The minimum Gasteiger partial charge on any atom is -0.383 e. The van der Waals surface area contributed by atoms with E-state index in [-0.39, 0.29) is 22.9 Å². The number of halogens is 3. The average molecular weight is 306 g/mol. The van der Waals surface area contributed by atoms with Crippen LogP contribution in [0.1, 0.15) is 5.56 Å². The SMILES string of the molecule is Nc1nc(-c2ccccc2)cc(C(F)(F)F)c1-c1nn[nH]n1. The maximum atomic E-state index is 13.3. The predicted molar refractivity (Wildman–Crippen MR) is 72.3 cm³/mol. The molecule has 2 heterocycles. The quantitative estimate of drug-likeness (QED) is 0.759. The normalized spacial score (nSPS) is 11.6. The molecule has 22 heavy (non-hydrogen) atoms. The number of nitrogens with zero attached hydrogens (tertiary/aromatic N) is 4. The largest absolute Gasteiger partial charge is 0.417 e. The van der Waals surface area contributed by atoms with Gasteiger partial charge in [0.1, 0.15) is 5.82 Å². The first kappa shape index (κ1) is 14.0. The van der Waals surface area contributed by atoms with Crippen LogP contribution in [0.15, 0.2) is 36.4 Å². The molecule has 6 nitrogen and oxygen atoms in total. The van der Waals surface area contributed by atoms with Gasteiger partial charge in [-0.3, -0.25) is 0 Å². The van der Waals surface area contributed by atoms with Gasteiger partial charge in [0.2, 0.25) is 5.82 Å². The number of benzene rings is 1. The van der Waals surface area contributed by atoms with Gasteiger partial charge in [-0.25, -0.2) is 4.98 Å². The summed E-state index contributed by atoms with van der Waals surface area (Å²) < 4.78 is 40.0. The fourth-order valence-electron chi connectivity index (χ4n) is 2.05. The summed E-state index contributed by atoms with van der Waals surface area (Å²) in [6, 6.07) is 9.38. The van der Waals surface area contributed by atoms with Gasteiger partial charge >= 0.3 is 6.18 Å². The lowest BCUT2D eigenvalue weighted by Gasteiger charge is -2.14. The zero-order valence-corrected chi connectivity index (χ0v) is 11.0. The minimum absolute atomic E-state index is 0.123. The Balaban J connectivity index is 2.25. The molecule has 0 radical (unpaired) electrons. The van der Waals surface area contributed by atoms with Crippen LogP contribution < -0.4 is 5.73 Å². The third-order valence-electron chi connectivity index (χ3n) is 2.99. The Bertz CT molecular complexity index is 784. The van der Waals surface area contributed by atoms with Crippen LogP contribution in [-0.2, 0) is 6.18 Å². The molecule has 112 valence electrons. The molecule has 3 N–H and O–H groups in total. The van der Waals surface area contributed by atoms with E-state index in [1.54, 1.807) is 30.3 Å². The summed E-state index contributed by atoms with van der Waals surface area (Å²) in [6.45, 7) is 0. The summed E-state index contributed by atoms with van der Waals surface area (Å²) in [5.41, 5.74) is 5.02. The Morgan fingerprint density at radius 3 is 2.41 bits per heavy atom. The summed E-state index contributed by atoms with van der Waals surface area (Å²) >= 11 is 0. The van der Waals surface area contributed by atoms with Crippen LogP contribution in [0, 0.1) is 0 Å². The number of aromatic nitrogens is 5. The van der Waals surface area contributed by atoms with Gasteiger partial charge in [-0.2, -0.15) is 18.4 Å². The van der Waals surface area contributed by atoms with E-state index in [0.29, 0.717) is 5.56 Å². The fourth-order valence-corrected chi connectivity index (χ4v) is 2.05. The summed E-state index contributed by atoms with van der Waals surface area (Å²) in [7, 11) is 0. The van der Waals surface area contributed by atoms with Gasteiger partial charge in [0.05, 0.1) is 16.8 Å². The third kappa shape index (κ3) is 2.48. The van der Waals surface area contributed by atoms with E-state index < -0.39 is 11.7 Å². The van der Waals surface area contributed by atoms with Crippen molar-refractivity contribution < 1.29 is 13.2 Å². The van der Waals surface area contributed by atoms with Crippen LogP contribution in [0.2, 0.25) is 0 Å². The number of hydrogen-bond donors (Lipinski definition) is 2. The standard InChI is InChI=1S/C13H9F3N6/c14-13(15,16)8-6-9(7-4-2-1-3-5-7)18-11(17)10(8)12-19-21-22-20-12/h1-6H,(H2,17,18)(H,19,20,21,22). The molecule has 0 bridgehead atoms. The summed E-state index contributed by atoms with van der Waals surface area (Å²) in [6.07, 6.45) is -4.63. The number of pyridine rings is 1. The van der Waals surface area contributed by atoms with Crippen LogP contribution in [0.3, 0.4) is 0 Å². The van der Waals surface area contributed by atoms with Crippen molar-refractivity contribution in [2.24, 2.45) is 0 Å². The highest BCUT2D eigenvalue weighted by Crippen LogP contribution is 2.40. The van der Waals surface area contributed by atoms with E-state index in [1.807, 2.05) is 0 Å². The number of tetrazole rings is 1. The maximum absolute atomic E-state index is 13.3. The molecular formula is C13H9F3N6. The molecule has 0 atom stereocenters. The van der Waals surface area contributed by atoms with E-state index in [1.165, 1.54) is 0 Å². The minimum atomic E-state index is -4.63. The molecule has 3 rings (SSSR count). The van der Waals surface area contributed by atoms with Gasteiger partial charge in [-0.1, -0.05) is 30.3 Å². The lowest BCUT2D eigenvalue weighted by atomic mass is 10.0. The van der Waals surface area contributed by atoms with E-state index in [2.05, 4.69) is 25.6 Å². The molecule has 0 spiro atoms. The summed E-state index contributed by atoms with van der Waals surface area (Å²) in [5.74, 6) is -0.563. The number of nitrogen functional groups attached to an aromatic ring is 1. The fraction of sp³-hybridized carbons (Fsp3) is 0.0769. The number of rotatable bonds is 2. The van der Waals surface area contributed by atoms with Crippen molar-refractivity contribution in [1.29, 1.82) is 0 Å². The van der Waals surface area contributed by atoms with Crippen molar-refractivity contribution >= 4 is 5.82 Å². The lowest BCUT2D eigenvalue weighted by Crippen LogP contribution is -2.11. The number of aromatic amines is 1. The number of alkyl halides is 3. The van der Waals surface area contributed by atoms with Crippen LogP contribution >= 0.6 is 0 Å². The predicted octanol–water partition coefficient (Wildman–Crippen LogP) is 2.53. The van der Waals surface area contributed by atoms with Gasteiger partial charge in [0, 0.05) is 5.56 Å². The van der Waals surface area contributed by atoms with E-state index in [4.69, 9.17) is 5.73 Å². The first-order valence-corrected chi connectivity index (χ1v) is 6.14. The highest BCUT2D eigenvalue weighted by molar-refractivity contribution is 5.76. The summed E-state index contributed by atoms with van der Waals surface area (Å²) in [5, 5.41) is 12.5. The number of nitrogens with one attached hydrogen (secondary N) is 1. The second-order valence-corrected chi connectivity index (χ2v) is 4.41. The first-order valence-electron chi connectivity index (χ1n) is 6.14. The molecule has 2 aromatic heterocycles. The number of hydrogen-bond acceptors (Lipinski definition) is 5. The molecular weight excluding hydrogens is 297 g/mol. The monoisotopic (exact) mass is 306 g/mol. The van der Waals surface area contributed by atoms with Crippen molar-refractivity contribution in [3.63, 3.8) is 0 Å². The van der Waals surface area contributed by atoms with Crippen molar-refractivity contribution in [2.75, 3.05) is 5.73 Å².